The van der Waals surface area contributed by atoms with Crippen molar-refractivity contribution in [1.29, 1.82) is 0 Å². The second kappa shape index (κ2) is 10.4. The third kappa shape index (κ3) is 5.76. The Bertz CT molecular complexity index is 1090. The number of ether oxygens (including phenoxy) is 1. The van der Waals surface area contributed by atoms with Crippen molar-refractivity contribution in [3.63, 3.8) is 0 Å². The zero-order valence-corrected chi connectivity index (χ0v) is 19.9. The molecule has 1 fully saturated rings. The van der Waals surface area contributed by atoms with Gasteiger partial charge in [-0.1, -0.05) is 37.6 Å². The number of hydrogen-bond acceptors (Lipinski definition) is 6. The van der Waals surface area contributed by atoms with Gasteiger partial charge in [0.2, 0.25) is 0 Å². The van der Waals surface area contributed by atoms with Crippen LogP contribution in [-0.4, -0.2) is 69.9 Å². The lowest BCUT2D eigenvalue weighted by Gasteiger charge is -2.29. The molecule has 0 aliphatic carbocycles. The van der Waals surface area contributed by atoms with E-state index in [-0.39, 0.29) is 17.9 Å². The minimum atomic E-state index is -0.132. The largest absolute Gasteiger partial charge is 0.379 e. The molecule has 2 aromatic carbocycles. The maximum Gasteiger partial charge on any atom is 0.251 e. The van der Waals surface area contributed by atoms with Crippen LogP contribution in [0.25, 0.3) is 16.8 Å². The van der Waals surface area contributed by atoms with Crippen LogP contribution in [-0.2, 0) is 4.74 Å². The summed E-state index contributed by atoms with van der Waals surface area (Å²) in [4.78, 5) is 15.5. The fraction of sp³-hybridized carbons (Fsp3) is 0.417. The number of amides is 1. The molecule has 1 aliphatic heterocycles. The Kier molecular flexibility index (Phi) is 7.37. The van der Waals surface area contributed by atoms with E-state index >= 15 is 0 Å². The van der Waals surface area contributed by atoms with Crippen LogP contribution in [0.5, 0.6) is 0 Å². The Labute approximate surface area is 198 Å². The van der Waals surface area contributed by atoms with Crippen molar-refractivity contribution in [3.8, 4) is 16.8 Å². The summed E-state index contributed by atoms with van der Waals surface area (Å²) in [6, 6.07) is 13.3. The third-order valence-electron chi connectivity index (χ3n) is 5.63. The van der Waals surface area contributed by atoms with Gasteiger partial charge in [0.05, 0.1) is 18.9 Å². The third-order valence-corrected chi connectivity index (χ3v) is 5.88. The molecule has 33 heavy (non-hydrogen) atoms. The van der Waals surface area contributed by atoms with Gasteiger partial charge in [0.15, 0.2) is 5.82 Å². The zero-order valence-electron chi connectivity index (χ0n) is 19.2. The summed E-state index contributed by atoms with van der Waals surface area (Å²) >= 11 is 6.08. The maximum absolute atomic E-state index is 13.2. The molecule has 1 atom stereocenters. The maximum atomic E-state index is 13.2. The highest BCUT2D eigenvalue weighted by molar-refractivity contribution is 6.30. The molecule has 0 unspecified atom stereocenters. The highest BCUT2D eigenvalue weighted by atomic mass is 35.5. The molecule has 1 amide bonds. The molecule has 0 spiro atoms. The molecule has 0 radical (unpaired) electrons. The number of rotatable bonds is 7. The standard InChI is InChI=1S/C24H29ClN6O2/c1-16(2)23-27-28-29-31(23)22-13-19(18-4-6-21(25)7-5-18)12-20(14-22)24(32)26-17(3)15-30-8-10-33-11-9-30/h4-7,12-14,16-17H,8-11,15H2,1-3H3,(H,26,32)/t17-/m1/s1. The Morgan fingerprint density at radius 3 is 2.52 bits per heavy atom. The van der Waals surface area contributed by atoms with E-state index in [9.17, 15) is 4.79 Å². The van der Waals surface area contributed by atoms with Gasteiger partial charge >= 0.3 is 0 Å². The predicted molar refractivity (Wildman–Crippen MR) is 128 cm³/mol. The van der Waals surface area contributed by atoms with Crippen molar-refractivity contribution in [2.24, 2.45) is 0 Å². The summed E-state index contributed by atoms with van der Waals surface area (Å²) in [5.41, 5.74) is 3.13. The van der Waals surface area contributed by atoms with E-state index < -0.39 is 0 Å². The van der Waals surface area contributed by atoms with Gasteiger partial charge in [-0.15, -0.1) is 5.10 Å². The SMILES string of the molecule is CC(C)c1nnnn1-c1cc(C(=O)N[C@H](C)CN2CCOCC2)cc(-c2ccc(Cl)cc2)c1. The number of halogens is 1. The highest BCUT2D eigenvalue weighted by Gasteiger charge is 2.19. The van der Waals surface area contributed by atoms with Crippen molar-refractivity contribution in [1.82, 2.24) is 30.4 Å². The van der Waals surface area contributed by atoms with Crippen LogP contribution in [0.1, 0.15) is 42.9 Å². The molecule has 4 rings (SSSR count). The minimum absolute atomic E-state index is 0.00232. The Hall–Kier alpha value is -2.81. The van der Waals surface area contributed by atoms with E-state index in [4.69, 9.17) is 16.3 Å². The molecule has 1 aliphatic rings. The van der Waals surface area contributed by atoms with Crippen LogP contribution >= 0.6 is 11.6 Å². The first kappa shape index (κ1) is 23.4. The Balaban J connectivity index is 1.64. The normalized spacial score (nSPS) is 15.5. The van der Waals surface area contributed by atoms with Crippen LogP contribution < -0.4 is 5.32 Å². The van der Waals surface area contributed by atoms with Crippen molar-refractivity contribution in [3.05, 3.63) is 58.9 Å². The summed E-state index contributed by atoms with van der Waals surface area (Å²) < 4.78 is 7.11. The van der Waals surface area contributed by atoms with Gasteiger partial charge in [0.1, 0.15) is 0 Å². The van der Waals surface area contributed by atoms with E-state index in [1.807, 2.05) is 63.2 Å². The molecule has 8 nitrogen and oxygen atoms in total. The number of aromatic nitrogens is 4. The smallest absolute Gasteiger partial charge is 0.251 e. The molecule has 3 aromatic rings. The first-order chi connectivity index (χ1) is 15.9. The van der Waals surface area contributed by atoms with Crippen molar-refractivity contribution < 1.29 is 9.53 Å². The topological polar surface area (TPSA) is 85.2 Å². The molecule has 9 heteroatoms. The molecule has 1 N–H and O–H groups in total. The van der Waals surface area contributed by atoms with Crippen LogP contribution in [0.4, 0.5) is 0 Å². The summed E-state index contributed by atoms with van der Waals surface area (Å²) in [5, 5.41) is 16.0. The van der Waals surface area contributed by atoms with E-state index in [1.165, 1.54) is 0 Å². The lowest BCUT2D eigenvalue weighted by atomic mass is 10.0. The van der Waals surface area contributed by atoms with E-state index in [0.29, 0.717) is 10.6 Å². The van der Waals surface area contributed by atoms with Crippen LogP contribution in [0, 0.1) is 0 Å². The minimum Gasteiger partial charge on any atom is -0.379 e. The number of hydrogen-bond donors (Lipinski definition) is 1. The molecule has 2 heterocycles. The van der Waals surface area contributed by atoms with Gasteiger partial charge in [0, 0.05) is 42.2 Å². The lowest BCUT2D eigenvalue weighted by Crippen LogP contribution is -2.46. The second-order valence-electron chi connectivity index (χ2n) is 8.67. The number of nitrogens with zero attached hydrogens (tertiary/aromatic N) is 5. The highest BCUT2D eigenvalue weighted by Crippen LogP contribution is 2.27. The summed E-state index contributed by atoms with van der Waals surface area (Å²) in [6.45, 7) is 10.1. The van der Waals surface area contributed by atoms with E-state index in [0.717, 1.165) is 55.5 Å². The van der Waals surface area contributed by atoms with Gasteiger partial charge in [-0.3, -0.25) is 9.69 Å². The van der Waals surface area contributed by atoms with Gasteiger partial charge < -0.3 is 10.1 Å². The molecule has 1 aromatic heterocycles. The molecular formula is C24H29ClN6O2. The molecule has 1 saturated heterocycles. The average Bonchev–Trinajstić information content (AvgIpc) is 3.30. The van der Waals surface area contributed by atoms with E-state index in [2.05, 4.69) is 25.7 Å². The van der Waals surface area contributed by atoms with E-state index in [1.54, 1.807) is 4.68 Å². The number of benzene rings is 2. The number of carbonyl (C=O) groups excluding carboxylic acids is 1. The summed E-state index contributed by atoms with van der Waals surface area (Å²) in [6.07, 6.45) is 0. The number of morpholine rings is 1. The molecule has 0 saturated carbocycles. The van der Waals surface area contributed by atoms with Crippen molar-refractivity contribution in [2.75, 3.05) is 32.8 Å². The first-order valence-electron chi connectivity index (χ1n) is 11.2. The fourth-order valence-corrected chi connectivity index (χ4v) is 4.06. The van der Waals surface area contributed by atoms with Crippen LogP contribution in [0.2, 0.25) is 5.02 Å². The van der Waals surface area contributed by atoms with Gasteiger partial charge in [0.25, 0.3) is 5.91 Å². The second-order valence-corrected chi connectivity index (χ2v) is 9.10. The number of carbonyl (C=O) groups is 1. The van der Waals surface area contributed by atoms with Gasteiger partial charge in [-0.2, -0.15) is 4.68 Å². The fourth-order valence-electron chi connectivity index (χ4n) is 3.94. The predicted octanol–water partition coefficient (Wildman–Crippen LogP) is 3.56. The number of nitrogens with one attached hydrogen (secondary N) is 1. The summed E-state index contributed by atoms with van der Waals surface area (Å²) in [5.74, 6) is 0.729. The molecule has 174 valence electrons. The first-order valence-corrected chi connectivity index (χ1v) is 11.6. The molecule has 0 bridgehead atoms. The monoisotopic (exact) mass is 468 g/mol. The average molecular weight is 469 g/mol. The molecular weight excluding hydrogens is 440 g/mol. The summed E-state index contributed by atoms with van der Waals surface area (Å²) in [7, 11) is 0. The van der Waals surface area contributed by atoms with Crippen LogP contribution in [0.3, 0.4) is 0 Å². The Morgan fingerprint density at radius 1 is 1.09 bits per heavy atom. The van der Waals surface area contributed by atoms with Crippen molar-refractivity contribution >= 4 is 17.5 Å². The zero-order chi connectivity index (χ0) is 23.4. The van der Waals surface area contributed by atoms with Gasteiger partial charge in [-0.25, -0.2) is 0 Å². The number of tetrazole rings is 1. The Morgan fingerprint density at radius 2 is 1.82 bits per heavy atom. The quantitative estimate of drug-likeness (QED) is 0.570. The van der Waals surface area contributed by atoms with Gasteiger partial charge in [-0.05, 0) is 58.8 Å². The van der Waals surface area contributed by atoms with Crippen molar-refractivity contribution in [2.45, 2.75) is 32.7 Å². The lowest BCUT2D eigenvalue weighted by molar-refractivity contribution is 0.0342. The van der Waals surface area contributed by atoms with Crippen LogP contribution in [0.15, 0.2) is 42.5 Å².